The van der Waals surface area contributed by atoms with Crippen LogP contribution in [0.15, 0.2) is 44.4 Å². The minimum Gasteiger partial charge on any atom is -0.391 e. The Kier molecular flexibility index (Phi) is 5.53. The van der Waals surface area contributed by atoms with Crippen LogP contribution in [0.3, 0.4) is 0 Å². The molecule has 0 saturated heterocycles. The van der Waals surface area contributed by atoms with Crippen molar-refractivity contribution in [3.05, 3.63) is 79.9 Å². The summed E-state index contributed by atoms with van der Waals surface area (Å²) in [7, 11) is -4.02. The summed E-state index contributed by atoms with van der Waals surface area (Å²) < 4.78 is 48.4. The first kappa shape index (κ1) is 21.7. The van der Waals surface area contributed by atoms with E-state index >= 15 is 0 Å². The number of hydrogen-bond donors (Lipinski definition) is 1. The molecule has 2 heterocycles. The van der Waals surface area contributed by atoms with Crippen molar-refractivity contribution in [2.24, 2.45) is 0 Å². The zero-order valence-electron chi connectivity index (χ0n) is 17.1. The molecular weight excluding hydrogens is 445 g/mol. The maximum Gasteiger partial charge on any atom is 0.434 e. The Hall–Kier alpha value is -2.49. The molecular formula is C21H21ClFN3O4S. The molecule has 4 rings (SSSR count). The lowest BCUT2D eigenvalue weighted by Crippen LogP contribution is -2.42. The third-order valence-corrected chi connectivity index (χ3v) is 8.09. The fourth-order valence-corrected chi connectivity index (χ4v) is 6.39. The van der Waals surface area contributed by atoms with E-state index in [0.717, 1.165) is 5.56 Å². The van der Waals surface area contributed by atoms with Gasteiger partial charge in [-0.3, -0.25) is 0 Å². The van der Waals surface area contributed by atoms with E-state index in [9.17, 15) is 17.6 Å². The van der Waals surface area contributed by atoms with Gasteiger partial charge in [0.15, 0.2) is 0 Å². The fourth-order valence-electron chi connectivity index (χ4n) is 4.22. The van der Waals surface area contributed by atoms with Gasteiger partial charge in [-0.2, -0.15) is 4.31 Å². The van der Waals surface area contributed by atoms with Gasteiger partial charge in [0, 0.05) is 17.5 Å². The first-order valence-electron chi connectivity index (χ1n) is 9.72. The molecule has 164 valence electrons. The number of sulfonamides is 1. The van der Waals surface area contributed by atoms with Crippen molar-refractivity contribution >= 4 is 21.6 Å². The van der Waals surface area contributed by atoms with E-state index in [4.69, 9.17) is 16.0 Å². The third kappa shape index (κ3) is 3.71. The number of halogens is 2. The van der Waals surface area contributed by atoms with E-state index in [1.807, 2.05) is 6.92 Å². The van der Waals surface area contributed by atoms with Gasteiger partial charge in [0.1, 0.15) is 11.9 Å². The van der Waals surface area contributed by atoms with Crippen molar-refractivity contribution in [3.63, 3.8) is 0 Å². The van der Waals surface area contributed by atoms with Crippen molar-refractivity contribution in [1.82, 2.24) is 14.5 Å². The molecule has 1 aliphatic rings. The predicted octanol–water partition coefficient (Wildman–Crippen LogP) is 3.86. The summed E-state index contributed by atoms with van der Waals surface area (Å²) in [5.74, 6) is -2.09. The molecule has 3 aromatic rings. The Morgan fingerprint density at radius 1 is 1.26 bits per heavy atom. The van der Waals surface area contributed by atoms with E-state index in [1.165, 1.54) is 16.4 Å². The van der Waals surface area contributed by atoms with Crippen molar-refractivity contribution in [3.8, 4) is 0 Å². The normalized spacial score (nSPS) is 17.8. The molecule has 0 saturated carbocycles. The number of hydrogen-bond acceptors (Lipinski definition) is 5. The monoisotopic (exact) mass is 465 g/mol. The van der Waals surface area contributed by atoms with E-state index in [1.54, 1.807) is 32.0 Å². The highest BCUT2D eigenvalue weighted by Gasteiger charge is 2.43. The molecule has 1 aromatic heterocycles. The first-order chi connectivity index (χ1) is 14.6. The summed E-state index contributed by atoms with van der Waals surface area (Å²) in [6.45, 7) is 5.45. The number of aromatic nitrogens is 2. The van der Waals surface area contributed by atoms with Gasteiger partial charge in [-0.25, -0.2) is 22.7 Å². The van der Waals surface area contributed by atoms with Crippen LogP contribution >= 0.6 is 11.6 Å². The van der Waals surface area contributed by atoms with Gasteiger partial charge in [-0.15, -0.1) is 5.10 Å². The van der Waals surface area contributed by atoms with Crippen molar-refractivity contribution < 1.29 is 17.2 Å². The Morgan fingerprint density at radius 3 is 2.68 bits per heavy atom. The Morgan fingerprint density at radius 2 is 2.00 bits per heavy atom. The zero-order chi connectivity index (χ0) is 22.5. The lowest BCUT2D eigenvalue weighted by atomic mass is 9.87. The lowest BCUT2D eigenvalue weighted by molar-refractivity contribution is 0.236. The predicted molar refractivity (Wildman–Crippen MR) is 113 cm³/mol. The second-order valence-electron chi connectivity index (χ2n) is 7.71. The summed E-state index contributed by atoms with van der Waals surface area (Å²) in [6, 6.07) is 6.71. The SMILES string of the molecule is Cc1ccc(F)c([C@H](C)[C@@H](c2n[nH]c(=O)o2)N2CCc3ccc(Cl)cc3S2(=O)=O)c1C. The van der Waals surface area contributed by atoms with Gasteiger partial charge in [0.05, 0.1) is 4.90 Å². The molecule has 31 heavy (non-hydrogen) atoms. The van der Waals surface area contributed by atoms with Crippen LogP contribution in [0.2, 0.25) is 5.02 Å². The van der Waals surface area contributed by atoms with Crippen LogP contribution in [-0.4, -0.2) is 29.5 Å². The lowest BCUT2D eigenvalue weighted by Gasteiger charge is -2.36. The summed E-state index contributed by atoms with van der Waals surface area (Å²) >= 11 is 6.06. The number of aryl methyl sites for hydroxylation is 1. The Balaban J connectivity index is 1.90. The van der Waals surface area contributed by atoms with Crippen LogP contribution < -0.4 is 5.76 Å². The smallest absolute Gasteiger partial charge is 0.391 e. The molecule has 0 amide bonds. The Labute approximate surface area is 183 Å². The molecule has 0 unspecified atom stereocenters. The highest BCUT2D eigenvalue weighted by molar-refractivity contribution is 7.89. The van der Waals surface area contributed by atoms with Crippen LogP contribution in [0.5, 0.6) is 0 Å². The largest absolute Gasteiger partial charge is 0.434 e. The highest BCUT2D eigenvalue weighted by atomic mass is 35.5. The molecule has 1 aliphatic heterocycles. The number of rotatable bonds is 4. The van der Waals surface area contributed by atoms with Gasteiger partial charge in [-0.05, 0) is 60.7 Å². The number of aromatic amines is 1. The first-order valence-corrected chi connectivity index (χ1v) is 11.5. The molecule has 7 nitrogen and oxygen atoms in total. The van der Waals surface area contributed by atoms with E-state index < -0.39 is 33.6 Å². The van der Waals surface area contributed by atoms with Crippen molar-refractivity contribution in [2.45, 2.75) is 44.0 Å². The van der Waals surface area contributed by atoms with Crippen LogP contribution in [0.1, 0.15) is 47.0 Å². The molecule has 0 bridgehead atoms. The molecule has 1 N–H and O–H groups in total. The van der Waals surface area contributed by atoms with Gasteiger partial charge in [0.2, 0.25) is 15.9 Å². The molecule has 0 aliphatic carbocycles. The number of nitrogens with one attached hydrogen (secondary N) is 1. The van der Waals surface area contributed by atoms with Crippen molar-refractivity contribution in [1.29, 1.82) is 0 Å². The minimum atomic E-state index is -4.02. The van der Waals surface area contributed by atoms with E-state index in [2.05, 4.69) is 10.2 Å². The van der Waals surface area contributed by atoms with Crippen LogP contribution in [0, 0.1) is 19.7 Å². The number of H-pyrrole nitrogens is 1. The van der Waals surface area contributed by atoms with E-state index in [0.29, 0.717) is 28.1 Å². The van der Waals surface area contributed by atoms with Gasteiger partial charge < -0.3 is 4.42 Å². The molecule has 10 heteroatoms. The molecule has 0 radical (unpaired) electrons. The Bertz CT molecular complexity index is 1320. The van der Waals surface area contributed by atoms with Crippen LogP contribution in [-0.2, 0) is 16.4 Å². The van der Waals surface area contributed by atoms with Gasteiger partial charge in [0.25, 0.3) is 0 Å². The standard InChI is InChI=1S/C21H21ClFN3O4S/c1-11-4-7-16(23)18(12(11)2)13(3)19(20-24-25-21(27)30-20)26-9-8-14-5-6-15(22)10-17(14)31(26,28)29/h4-7,10,13,19H,8-9H2,1-3H3,(H,25,27)/t13-,19-/m0/s1. The quantitative estimate of drug-likeness (QED) is 0.631. The summed E-state index contributed by atoms with van der Waals surface area (Å²) in [5, 5.41) is 6.37. The number of fused-ring (bicyclic) bond motifs is 1. The maximum atomic E-state index is 14.9. The molecule has 0 fully saturated rings. The third-order valence-electron chi connectivity index (χ3n) is 5.90. The number of nitrogens with zero attached hydrogens (tertiary/aromatic N) is 2. The fraction of sp³-hybridized carbons (Fsp3) is 0.333. The minimum absolute atomic E-state index is 0.0859. The topological polar surface area (TPSA) is 96.3 Å². The number of benzene rings is 2. The maximum absolute atomic E-state index is 14.9. The van der Waals surface area contributed by atoms with Crippen LogP contribution in [0.25, 0.3) is 0 Å². The average Bonchev–Trinajstić information content (AvgIpc) is 3.13. The molecule has 2 atom stereocenters. The van der Waals surface area contributed by atoms with Crippen molar-refractivity contribution in [2.75, 3.05) is 6.54 Å². The van der Waals surface area contributed by atoms with E-state index in [-0.39, 0.29) is 17.3 Å². The summed E-state index contributed by atoms with van der Waals surface area (Å²) in [4.78, 5) is 11.8. The second kappa shape index (κ2) is 7.89. The van der Waals surface area contributed by atoms with Crippen LogP contribution in [0.4, 0.5) is 4.39 Å². The highest BCUT2D eigenvalue weighted by Crippen LogP contribution is 2.42. The molecule has 2 aromatic carbocycles. The molecule has 0 spiro atoms. The zero-order valence-corrected chi connectivity index (χ0v) is 18.7. The van der Waals surface area contributed by atoms with Gasteiger partial charge in [-0.1, -0.05) is 30.7 Å². The average molecular weight is 466 g/mol. The summed E-state index contributed by atoms with van der Waals surface area (Å²) in [5.41, 5.74) is 2.56. The summed E-state index contributed by atoms with van der Waals surface area (Å²) in [6.07, 6.45) is 0.429. The van der Waals surface area contributed by atoms with Gasteiger partial charge >= 0.3 is 5.76 Å². The second-order valence-corrected chi connectivity index (χ2v) is 10.0.